The van der Waals surface area contributed by atoms with E-state index < -0.39 is 0 Å². The molecule has 1 N–H and O–H groups in total. The Bertz CT molecular complexity index is 508. The van der Waals surface area contributed by atoms with Crippen molar-refractivity contribution in [1.29, 1.82) is 0 Å². The van der Waals surface area contributed by atoms with E-state index in [9.17, 15) is 4.39 Å². The Morgan fingerprint density at radius 2 is 1.94 bits per heavy atom. The van der Waals surface area contributed by atoms with E-state index in [1.54, 1.807) is 6.20 Å². The quantitative estimate of drug-likeness (QED) is 0.894. The molecule has 0 radical (unpaired) electrons. The molecule has 2 aromatic rings. The molecule has 0 fully saturated rings. The van der Waals surface area contributed by atoms with Gasteiger partial charge in [0.2, 0.25) is 0 Å². The van der Waals surface area contributed by atoms with E-state index >= 15 is 0 Å². The highest BCUT2D eigenvalue weighted by Crippen LogP contribution is 2.20. The summed E-state index contributed by atoms with van der Waals surface area (Å²) in [5, 5.41) is 3.30. The summed E-state index contributed by atoms with van der Waals surface area (Å²) >= 11 is 0. The summed E-state index contributed by atoms with van der Waals surface area (Å²) in [6.45, 7) is 2.05. The van der Waals surface area contributed by atoms with Gasteiger partial charge in [-0.1, -0.05) is 12.1 Å². The van der Waals surface area contributed by atoms with Gasteiger partial charge in [-0.15, -0.1) is 0 Å². The summed E-state index contributed by atoms with van der Waals surface area (Å²) in [6.07, 6.45) is 4.50. The molecule has 0 aliphatic rings. The highest BCUT2D eigenvalue weighted by atomic mass is 19.1. The maximum Gasteiger partial charge on any atom is 0.123 e. The normalized spacial score (nSPS) is 12.4. The monoisotopic (exact) mass is 244 g/mol. The predicted octanol–water partition coefficient (Wildman–Crippen LogP) is 3.03. The van der Waals surface area contributed by atoms with Crippen LogP contribution in [0.3, 0.4) is 0 Å². The number of hydrogen-bond acceptors (Lipinski definition) is 2. The molecule has 18 heavy (non-hydrogen) atoms. The van der Waals surface area contributed by atoms with Gasteiger partial charge in [-0.25, -0.2) is 4.39 Å². The number of likely N-dealkylation sites (N-methyl/N-ethyl adjacent to an activating group) is 1. The number of pyridine rings is 1. The molecule has 1 aromatic carbocycles. The first-order valence-electron chi connectivity index (χ1n) is 6.03. The van der Waals surface area contributed by atoms with Crippen LogP contribution in [0.2, 0.25) is 0 Å². The Labute approximate surface area is 107 Å². The fourth-order valence-corrected chi connectivity index (χ4v) is 2.10. The van der Waals surface area contributed by atoms with Crippen molar-refractivity contribution < 1.29 is 4.39 Å². The first kappa shape index (κ1) is 12.7. The van der Waals surface area contributed by atoms with Gasteiger partial charge in [-0.3, -0.25) is 4.98 Å². The Morgan fingerprint density at radius 3 is 2.56 bits per heavy atom. The second kappa shape index (κ2) is 5.74. The number of hydrogen-bond donors (Lipinski definition) is 1. The van der Waals surface area contributed by atoms with Crippen LogP contribution in [-0.4, -0.2) is 12.0 Å². The third kappa shape index (κ3) is 2.93. The Kier molecular flexibility index (Phi) is 4.05. The highest BCUT2D eigenvalue weighted by Gasteiger charge is 2.12. The minimum absolute atomic E-state index is 0.195. The van der Waals surface area contributed by atoms with Crippen LogP contribution >= 0.6 is 0 Å². The van der Waals surface area contributed by atoms with Crippen LogP contribution in [0.1, 0.15) is 22.7 Å². The number of benzene rings is 1. The van der Waals surface area contributed by atoms with Gasteiger partial charge in [0.05, 0.1) is 0 Å². The van der Waals surface area contributed by atoms with Crippen LogP contribution in [-0.2, 0) is 6.42 Å². The lowest BCUT2D eigenvalue weighted by Gasteiger charge is -2.18. The van der Waals surface area contributed by atoms with E-state index in [0.29, 0.717) is 0 Å². The van der Waals surface area contributed by atoms with Crippen molar-refractivity contribution in [2.24, 2.45) is 0 Å². The second-order valence-electron chi connectivity index (χ2n) is 4.40. The van der Waals surface area contributed by atoms with Crippen LogP contribution in [0.4, 0.5) is 4.39 Å². The molecule has 0 saturated carbocycles. The van der Waals surface area contributed by atoms with Crippen LogP contribution < -0.4 is 5.32 Å². The van der Waals surface area contributed by atoms with Gasteiger partial charge in [0.15, 0.2) is 0 Å². The zero-order valence-electron chi connectivity index (χ0n) is 10.7. The standard InChI is InChI=1S/C15H17FN2/c1-11-10-18-8-7-14(11)15(17-2)9-12-3-5-13(16)6-4-12/h3-8,10,15,17H,9H2,1-2H3. The van der Waals surface area contributed by atoms with Crippen LogP contribution in [0.15, 0.2) is 42.7 Å². The number of nitrogens with zero attached hydrogens (tertiary/aromatic N) is 1. The van der Waals surface area contributed by atoms with Gasteiger partial charge in [-0.05, 0) is 55.3 Å². The number of rotatable bonds is 4. The Balaban J connectivity index is 2.20. The second-order valence-corrected chi connectivity index (χ2v) is 4.40. The minimum Gasteiger partial charge on any atom is -0.313 e. The zero-order valence-corrected chi connectivity index (χ0v) is 10.7. The molecule has 0 aliphatic heterocycles. The van der Waals surface area contributed by atoms with Gasteiger partial charge < -0.3 is 5.32 Å². The van der Waals surface area contributed by atoms with E-state index in [0.717, 1.165) is 12.0 Å². The van der Waals surface area contributed by atoms with Crippen molar-refractivity contribution in [2.45, 2.75) is 19.4 Å². The minimum atomic E-state index is -0.195. The molecule has 2 nitrogen and oxygen atoms in total. The van der Waals surface area contributed by atoms with Gasteiger partial charge in [0.25, 0.3) is 0 Å². The van der Waals surface area contributed by atoms with E-state index in [2.05, 4.69) is 17.2 Å². The lowest BCUT2D eigenvalue weighted by Crippen LogP contribution is -2.19. The highest BCUT2D eigenvalue weighted by molar-refractivity contribution is 5.28. The van der Waals surface area contributed by atoms with E-state index in [4.69, 9.17) is 0 Å². The Hall–Kier alpha value is -1.74. The summed E-state index contributed by atoms with van der Waals surface area (Å²) in [7, 11) is 1.94. The molecule has 94 valence electrons. The van der Waals surface area contributed by atoms with Crippen molar-refractivity contribution in [3.05, 3.63) is 65.2 Å². The third-order valence-corrected chi connectivity index (χ3v) is 3.14. The SMILES string of the molecule is CNC(Cc1ccc(F)cc1)c1ccncc1C. The molecular formula is C15H17FN2. The van der Waals surface area contributed by atoms with Gasteiger partial charge in [0, 0.05) is 18.4 Å². The number of halogens is 1. The molecule has 3 heteroatoms. The summed E-state index contributed by atoms with van der Waals surface area (Å²) in [5.74, 6) is -0.195. The van der Waals surface area contributed by atoms with Crippen molar-refractivity contribution in [3.8, 4) is 0 Å². The average molecular weight is 244 g/mol. The fraction of sp³-hybridized carbons (Fsp3) is 0.267. The average Bonchev–Trinajstić information content (AvgIpc) is 2.39. The summed E-state index contributed by atoms with van der Waals surface area (Å²) in [5.41, 5.74) is 3.52. The largest absolute Gasteiger partial charge is 0.313 e. The molecule has 2 rings (SSSR count). The smallest absolute Gasteiger partial charge is 0.123 e. The molecule has 1 heterocycles. The van der Waals surface area contributed by atoms with Gasteiger partial charge >= 0.3 is 0 Å². The van der Waals surface area contributed by atoms with Crippen LogP contribution in [0.25, 0.3) is 0 Å². The summed E-state index contributed by atoms with van der Waals surface area (Å²) in [6, 6.07) is 8.91. The van der Waals surface area contributed by atoms with Crippen molar-refractivity contribution in [1.82, 2.24) is 10.3 Å². The maximum atomic E-state index is 12.9. The molecule has 0 saturated heterocycles. The molecule has 1 atom stereocenters. The Morgan fingerprint density at radius 1 is 1.22 bits per heavy atom. The third-order valence-electron chi connectivity index (χ3n) is 3.14. The molecule has 1 unspecified atom stereocenters. The van der Waals surface area contributed by atoms with Gasteiger partial charge in [0.1, 0.15) is 5.82 Å². The number of aromatic nitrogens is 1. The summed E-state index contributed by atoms with van der Waals surface area (Å²) in [4.78, 5) is 4.10. The number of nitrogens with one attached hydrogen (secondary N) is 1. The zero-order chi connectivity index (χ0) is 13.0. The molecule has 0 bridgehead atoms. The van der Waals surface area contributed by atoms with E-state index in [1.165, 1.54) is 23.3 Å². The summed E-state index contributed by atoms with van der Waals surface area (Å²) < 4.78 is 12.9. The molecule has 1 aromatic heterocycles. The van der Waals surface area contributed by atoms with Crippen LogP contribution in [0.5, 0.6) is 0 Å². The van der Waals surface area contributed by atoms with Crippen molar-refractivity contribution in [3.63, 3.8) is 0 Å². The molecule has 0 aliphatic carbocycles. The predicted molar refractivity (Wildman–Crippen MR) is 70.9 cm³/mol. The van der Waals surface area contributed by atoms with Gasteiger partial charge in [-0.2, -0.15) is 0 Å². The first-order valence-corrected chi connectivity index (χ1v) is 6.03. The number of aryl methyl sites for hydroxylation is 1. The van der Waals surface area contributed by atoms with Crippen molar-refractivity contribution in [2.75, 3.05) is 7.05 Å². The topological polar surface area (TPSA) is 24.9 Å². The van der Waals surface area contributed by atoms with E-state index in [1.807, 2.05) is 31.4 Å². The maximum absolute atomic E-state index is 12.9. The molecular weight excluding hydrogens is 227 g/mol. The van der Waals surface area contributed by atoms with Crippen molar-refractivity contribution >= 4 is 0 Å². The lowest BCUT2D eigenvalue weighted by molar-refractivity contribution is 0.585. The van der Waals surface area contributed by atoms with E-state index in [-0.39, 0.29) is 11.9 Å². The lowest BCUT2D eigenvalue weighted by atomic mass is 9.97. The van der Waals surface area contributed by atoms with Crippen LogP contribution in [0, 0.1) is 12.7 Å². The molecule has 0 spiro atoms. The molecule has 0 amide bonds. The first-order chi connectivity index (χ1) is 8.70. The fourth-order valence-electron chi connectivity index (χ4n) is 2.10.